The molecule has 0 aromatic heterocycles. The van der Waals surface area contributed by atoms with Crippen LogP contribution in [0.5, 0.6) is 5.75 Å². The molecule has 5 heteroatoms. The highest BCUT2D eigenvalue weighted by molar-refractivity contribution is 5.95. The number of phenols is 1. The first-order chi connectivity index (χ1) is 8.58. The number of phenolic OH excluding ortho intramolecular Hbond substituents is 1. The van der Waals surface area contributed by atoms with Gasteiger partial charge in [-0.2, -0.15) is 0 Å². The maximum absolute atomic E-state index is 12.2. The third-order valence-electron chi connectivity index (χ3n) is 3.04. The summed E-state index contributed by atoms with van der Waals surface area (Å²) in [5.74, 6) is 0.0565. The van der Waals surface area contributed by atoms with Gasteiger partial charge in [0.2, 0.25) is 5.91 Å². The number of hydrogen-bond acceptors (Lipinski definition) is 3. The Labute approximate surface area is 105 Å². The van der Waals surface area contributed by atoms with Crippen LogP contribution in [0.1, 0.15) is 22.3 Å². The fraction of sp³-hybridized carbons (Fsp3) is 0.385. The van der Waals surface area contributed by atoms with Crippen molar-refractivity contribution in [1.82, 2.24) is 10.2 Å². The number of nitrogens with zero attached hydrogens (tertiary/aromatic N) is 1. The zero-order chi connectivity index (χ0) is 13.1. The average Bonchev–Trinajstić information content (AvgIpc) is 2.57. The highest BCUT2D eigenvalue weighted by Gasteiger charge is 2.19. The van der Waals surface area contributed by atoms with Crippen LogP contribution < -0.4 is 5.32 Å². The molecular weight excluding hydrogens is 232 g/mol. The maximum atomic E-state index is 12.2. The number of nitrogens with one attached hydrogen (secondary N) is 1. The van der Waals surface area contributed by atoms with Crippen LogP contribution in [0.15, 0.2) is 18.2 Å². The third kappa shape index (κ3) is 2.61. The second-order valence-electron chi connectivity index (χ2n) is 4.39. The number of carbonyl (C=O) groups is 2. The summed E-state index contributed by atoms with van der Waals surface area (Å²) in [7, 11) is 0. The molecule has 2 rings (SSSR count). The predicted molar refractivity (Wildman–Crippen MR) is 66.4 cm³/mol. The summed E-state index contributed by atoms with van der Waals surface area (Å²) in [5.41, 5.74) is 1.21. The van der Waals surface area contributed by atoms with E-state index in [0.29, 0.717) is 37.2 Å². The summed E-state index contributed by atoms with van der Waals surface area (Å²) in [4.78, 5) is 25.1. The molecule has 18 heavy (non-hydrogen) atoms. The largest absolute Gasteiger partial charge is 0.508 e. The van der Waals surface area contributed by atoms with Crippen molar-refractivity contribution in [2.45, 2.75) is 13.3 Å². The summed E-state index contributed by atoms with van der Waals surface area (Å²) in [6.07, 6.45) is 0.336. The second kappa shape index (κ2) is 5.08. The summed E-state index contributed by atoms with van der Waals surface area (Å²) in [5, 5.41) is 12.2. The number of hydrogen-bond donors (Lipinski definition) is 2. The number of rotatable bonds is 1. The SMILES string of the molecule is Cc1cc(C(=O)N2CCNC(=O)CC2)ccc1O. The minimum Gasteiger partial charge on any atom is -0.508 e. The summed E-state index contributed by atoms with van der Waals surface area (Å²) in [6, 6.07) is 4.78. The van der Waals surface area contributed by atoms with Gasteiger partial charge in [0.15, 0.2) is 0 Å². The van der Waals surface area contributed by atoms with E-state index in [2.05, 4.69) is 5.32 Å². The van der Waals surface area contributed by atoms with Gasteiger partial charge in [0.25, 0.3) is 5.91 Å². The summed E-state index contributed by atoms with van der Waals surface area (Å²) < 4.78 is 0. The zero-order valence-electron chi connectivity index (χ0n) is 10.3. The fourth-order valence-electron chi connectivity index (χ4n) is 1.94. The Morgan fingerprint density at radius 2 is 2.17 bits per heavy atom. The normalized spacial score (nSPS) is 16.1. The van der Waals surface area contributed by atoms with Crippen molar-refractivity contribution in [3.05, 3.63) is 29.3 Å². The molecular formula is C13H16N2O3. The van der Waals surface area contributed by atoms with Crippen molar-refractivity contribution in [3.8, 4) is 5.75 Å². The van der Waals surface area contributed by atoms with E-state index in [1.54, 1.807) is 24.0 Å². The molecule has 5 nitrogen and oxygen atoms in total. The van der Waals surface area contributed by atoms with E-state index >= 15 is 0 Å². The smallest absolute Gasteiger partial charge is 0.253 e. The molecule has 0 spiro atoms. The van der Waals surface area contributed by atoms with Gasteiger partial charge in [-0.1, -0.05) is 0 Å². The van der Waals surface area contributed by atoms with Crippen molar-refractivity contribution >= 4 is 11.8 Å². The third-order valence-corrected chi connectivity index (χ3v) is 3.04. The Balaban J connectivity index is 2.14. The number of benzene rings is 1. The summed E-state index contributed by atoms with van der Waals surface area (Å²) in [6.45, 7) is 3.19. The molecule has 1 saturated heterocycles. The minimum absolute atomic E-state index is 0.0211. The second-order valence-corrected chi connectivity index (χ2v) is 4.39. The Bertz CT molecular complexity index is 485. The van der Waals surface area contributed by atoms with Crippen LogP contribution >= 0.6 is 0 Å². The minimum atomic E-state index is -0.102. The Morgan fingerprint density at radius 3 is 2.89 bits per heavy atom. The van der Waals surface area contributed by atoms with Gasteiger partial charge < -0.3 is 15.3 Å². The molecule has 1 aromatic carbocycles. The van der Waals surface area contributed by atoms with Crippen LogP contribution in [0, 0.1) is 6.92 Å². The van der Waals surface area contributed by atoms with Crippen molar-refractivity contribution in [2.75, 3.05) is 19.6 Å². The molecule has 1 heterocycles. The van der Waals surface area contributed by atoms with Crippen LogP contribution in [-0.2, 0) is 4.79 Å². The van der Waals surface area contributed by atoms with Crippen LogP contribution in [0.25, 0.3) is 0 Å². The molecule has 0 atom stereocenters. The van der Waals surface area contributed by atoms with Crippen molar-refractivity contribution in [1.29, 1.82) is 0 Å². The van der Waals surface area contributed by atoms with Gasteiger partial charge in [-0.05, 0) is 30.7 Å². The fourth-order valence-corrected chi connectivity index (χ4v) is 1.94. The lowest BCUT2D eigenvalue weighted by molar-refractivity contribution is -0.120. The topological polar surface area (TPSA) is 69.6 Å². The zero-order valence-corrected chi connectivity index (χ0v) is 10.3. The lowest BCUT2D eigenvalue weighted by Crippen LogP contribution is -2.34. The maximum Gasteiger partial charge on any atom is 0.253 e. The first kappa shape index (κ1) is 12.4. The van der Waals surface area contributed by atoms with Gasteiger partial charge in [0.05, 0.1) is 0 Å². The highest BCUT2D eigenvalue weighted by Crippen LogP contribution is 2.18. The van der Waals surface area contributed by atoms with E-state index in [1.165, 1.54) is 6.07 Å². The number of aromatic hydroxyl groups is 1. The van der Waals surface area contributed by atoms with E-state index in [4.69, 9.17) is 0 Å². The lowest BCUT2D eigenvalue weighted by Gasteiger charge is -2.19. The molecule has 0 saturated carbocycles. The molecule has 0 aliphatic carbocycles. The van der Waals surface area contributed by atoms with Gasteiger partial charge >= 0.3 is 0 Å². The van der Waals surface area contributed by atoms with E-state index in [0.717, 1.165) is 0 Å². The molecule has 1 aliphatic rings. The van der Waals surface area contributed by atoms with Gasteiger partial charge in [0.1, 0.15) is 5.75 Å². The Hall–Kier alpha value is -2.04. The summed E-state index contributed by atoms with van der Waals surface area (Å²) >= 11 is 0. The lowest BCUT2D eigenvalue weighted by atomic mass is 10.1. The Kier molecular flexibility index (Phi) is 3.50. The van der Waals surface area contributed by atoms with E-state index in [9.17, 15) is 14.7 Å². The standard InChI is InChI=1S/C13H16N2O3/c1-9-8-10(2-3-11(9)16)13(18)15-6-4-12(17)14-5-7-15/h2-3,8,16H,4-7H2,1H3,(H,14,17). The Morgan fingerprint density at radius 1 is 1.39 bits per heavy atom. The molecule has 2 N–H and O–H groups in total. The van der Waals surface area contributed by atoms with Gasteiger partial charge in [-0.25, -0.2) is 0 Å². The van der Waals surface area contributed by atoms with Crippen molar-refractivity contribution in [3.63, 3.8) is 0 Å². The van der Waals surface area contributed by atoms with Gasteiger partial charge in [-0.15, -0.1) is 0 Å². The molecule has 2 amide bonds. The van der Waals surface area contributed by atoms with Crippen LogP contribution in [0.4, 0.5) is 0 Å². The van der Waals surface area contributed by atoms with Crippen LogP contribution in [-0.4, -0.2) is 41.5 Å². The van der Waals surface area contributed by atoms with Crippen molar-refractivity contribution < 1.29 is 14.7 Å². The molecule has 0 bridgehead atoms. The quantitative estimate of drug-likeness (QED) is 0.767. The van der Waals surface area contributed by atoms with Crippen LogP contribution in [0.2, 0.25) is 0 Å². The molecule has 96 valence electrons. The first-order valence-electron chi connectivity index (χ1n) is 5.93. The number of carbonyl (C=O) groups excluding carboxylic acids is 2. The number of amides is 2. The molecule has 1 aromatic rings. The van der Waals surface area contributed by atoms with Gasteiger partial charge in [-0.3, -0.25) is 9.59 Å². The van der Waals surface area contributed by atoms with Crippen LogP contribution in [0.3, 0.4) is 0 Å². The average molecular weight is 248 g/mol. The van der Waals surface area contributed by atoms with E-state index in [1.807, 2.05) is 0 Å². The highest BCUT2D eigenvalue weighted by atomic mass is 16.3. The van der Waals surface area contributed by atoms with Gasteiger partial charge in [0, 0.05) is 31.6 Å². The predicted octanol–water partition coefficient (Wildman–Crippen LogP) is 0.663. The molecule has 1 aliphatic heterocycles. The molecule has 0 unspecified atom stereocenters. The molecule has 1 fully saturated rings. The molecule has 0 radical (unpaired) electrons. The first-order valence-corrected chi connectivity index (χ1v) is 5.93. The van der Waals surface area contributed by atoms with E-state index in [-0.39, 0.29) is 17.6 Å². The monoisotopic (exact) mass is 248 g/mol. The van der Waals surface area contributed by atoms with Crippen molar-refractivity contribution in [2.24, 2.45) is 0 Å². The number of aryl methyl sites for hydroxylation is 1. The van der Waals surface area contributed by atoms with E-state index < -0.39 is 0 Å².